The van der Waals surface area contributed by atoms with Gasteiger partial charge in [-0.05, 0) is 97.2 Å². The van der Waals surface area contributed by atoms with Crippen LogP contribution in [0.15, 0.2) is 119 Å². The maximum atomic E-state index is 14.6. The van der Waals surface area contributed by atoms with Crippen molar-refractivity contribution in [1.82, 2.24) is 14.4 Å². The SMILES string of the molecule is CCCC(C)N1c2cccc3cccc(c23)C1C=CC1=C(Cl)C2=CC(=CC=c3c4cccc5cccc(c54)n3C(C)CCC)CC3(C(=O)N(C)C(=O)N(C)C3=O)C2CC1. The number of hydrogen-bond acceptors (Lipinski definition) is 4. The molecule has 4 aliphatic rings. The lowest BCUT2D eigenvalue weighted by atomic mass is 9.59. The van der Waals surface area contributed by atoms with Gasteiger partial charge in [0.2, 0.25) is 11.8 Å². The van der Waals surface area contributed by atoms with Gasteiger partial charge in [-0.3, -0.25) is 19.4 Å². The van der Waals surface area contributed by atoms with E-state index >= 15 is 0 Å². The van der Waals surface area contributed by atoms with E-state index in [4.69, 9.17) is 11.6 Å². The number of benzene rings is 4. The number of hydrogen-bond donors (Lipinski definition) is 0. The number of imide groups is 2. The van der Waals surface area contributed by atoms with Gasteiger partial charge in [-0.15, -0.1) is 0 Å². The molecule has 5 aromatic rings. The summed E-state index contributed by atoms with van der Waals surface area (Å²) in [7, 11) is 2.98. The molecule has 1 fully saturated rings. The Morgan fingerprint density at radius 2 is 1.46 bits per heavy atom. The fourth-order valence-electron chi connectivity index (χ4n) is 11.0. The Hall–Kier alpha value is -5.40. The van der Waals surface area contributed by atoms with E-state index < -0.39 is 29.2 Å². The lowest BCUT2D eigenvalue weighted by molar-refractivity contribution is -0.161. The van der Waals surface area contributed by atoms with Gasteiger partial charge in [0, 0.05) is 69.8 Å². The molecule has 59 heavy (non-hydrogen) atoms. The van der Waals surface area contributed by atoms with Crippen LogP contribution in [0.4, 0.5) is 10.5 Å². The maximum absolute atomic E-state index is 14.6. The molecule has 1 saturated heterocycles. The van der Waals surface area contributed by atoms with Crippen LogP contribution < -0.4 is 10.2 Å². The third-order valence-corrected chi connectivity index (χ3v) is 14.2. The van der Waals surface area contributed by atoms with Gasteiger partial charge < -0.3 is 9.47 Å². The summed E-state index contributed by atoms with van der Waals surface area (Å²) in [6, 6.07) is 26.1. The summed E-state index contributed by atoms with van der Waals surface area (Å²) in [6.07, 6.45) is 16.4. The zero-order valence-electron chi connectivity index (χ0n) is 35.0. The van der Waals surface area contributed by atoms with Crippen molar-refractivity contribution < 1.29 is 14.4 Å². The highest BCUT2D eigenvalue weighted by atomic mass is 35.5. The number of rotatable bonds is 9. The number of anilines is 1. The minimum absolute atomic E-state index is 0.0361. The lowest BCUT2D eigenvalue weighted by Gasteiger charge is -2.49. The maximum Gasteiger partial charge on any atom is 0.332 e. The van der Waals surface area contributed by atoms with E-state index in [1.807, 2.05) is 0 Å². The van der Waals surface area contributed by atoms with Gasteiger partial charge in [0.25, 0.3) is 0 Å². The Balaban J connectivity index is 1.20. The predicted octanol–water partition coefficient (Wildman–Crippen LogP) is 11.3. The molecule has 1 aromatic heterocycles. The van der Waals surface area contributed by atoms with Gasteiger partial charge in [0.05, 0.1) is 6.04 Å². The van der Waals surface area contributed by atoms with Crippen LogP contribution in [-0.2, 0) is 9.59 Å². The summed E-state index contributed by atoms with van der Waals surface area (Å²) < 4.78 is 2.44. The highest BCUT2D eigenvalue weighted by Crippen LogP contribution is 2.55. The summed E-state index contributed by atoms with van der Waals surface area (Å²) in [5.41, 5.74) is 4.85. The monoisotopic (exact) mass is 804 g/mol. The standard InChI is InChI=1S/C51H53ClN4O3/c1-7-13-31(3)55-41(37-19-9-15-34-17-11-21-43(55)45(34)37)27-23-33-29-39-40(51(30-33)48(57)53(5)50(59)54(6)49(51)58)26-24-36(47(39)52)25-28-42-38-20-10-16-35-18-12-22-44(46(35)38)56(42)32(4)14-8-2/h9-12,15-23,25,27-29,31-32,40,42H,7-8,13-14,24,26,30H2,1-6H3. The molecule has 4 amide bonds. The average Bonchev–Trinajstić information content (AvgIpc) is 3.75. The van der Waals surface area contributed by atoms with E-state index in [0.717, 1.165) is 57.6 Å². The normalized spacial score (nSPS) is 22.7. The van der Waals surface area contributed by atoms with Crippen molar-refractivity contribution in [2.75, 3.05) is 19.0 Å². The van der Waals surface area contributed by atoms with Crippen molar-refractivity contribution in [1.29, 1.82) is 0 Å². The second-order valence-electron chi connectivity index (χ2n) is 17.2. The number of barbiturate groups is 1. The number of halogens is 1. The van der Waals surface area contributed by atoms with Crippen LogP contribution in [0.3, 0.4) is 0 Å². The van der Waals surface area contributed by atoms with Crippen LogP contribution in [0, 0.1) is 11.3 Å². The number of urea groups is 1. The van der Waals surface area contributed by atoms with Crippen LogP contribution in [0.5, 0.6) is 0 Å². The van der Waals surface area contributed by atoms with Crippen LogP contribution in [0.25, 0.3) is 38.5 Å². The molecular formula is C51H53ClN4O3. The van der Waals surface area contributed by atoms with Gasteiger partial charge in [-0.25, -0.2) is 4.79 Å². The van der Waals surface area contributed by atoms with Crippen LogP contribution in [-0.4, -0.2) is 52.3 Å². The van der Waals surface area contributed by atoms with Crippen LogP contribution >= 0.6 is 11.6 Å². The van der Waals surface area contributed by atoms with E-state index in [1.54, 1.807) is 0 Å². The molecular weight excluding hydrogens is 752 g/mol. The number of amides is 4. The Morgan fingerprint density at radius 1 is 0.814 bits per heavy atom. The molecule has 0 radical (unpaired) electrons. The minimum Gasteiger partial charge on any atom is -0.358 e. The first kappa shape index (κ1) is 39.1. The van der Waals surface area contributed by atoms with Gasteiger partial charge in [0.15, 0.2) is 0 Å². The van der Waals surface area contributed by atoms with Gasteiger partial charge in [0.1, 0.15) is 5.41 Å². The number of carbonyl (C=O) groups is 3. The molecule has 4 aromatic carbocycles. The third kappa shape index (κ3) is 5.94. The van der Waals surface area contributed by atoms with Crippen molar-refractivity contribution in [3.8, 4) is 0 Å². The highest BCUT2D eigenvalue weighted by molar-refractivity contribution is 6.33. The molecule has 302 valence electrons. The predicted molar refractivity (Wildman–Crippen MR) is 241 cm³/mol. The fraction of sp³-hybridized carbons (Fsp3) is 0.353. The zero-order chi connectivity index (χ0) is 41.3. The lowest BCUT2D eigenvalue weighted by Crippen LogP contribution is -2.66. The van der Waals surface area contributed by atoms with Gasteiger partial charge >= 0.3 is 6.03 Å². The summed E-state index contributed by atoms with van der Waals surface area (Å²) in [6.45, 7) is 9.04. The summed E-state index contributed by atoms with van der Waals surface area (Å²) >= 11 is 7.55. The van der Waals surface area contributed by atoms with Crippen LogP contribution in [0.2, 0.25) is 0 Å². The summed E-state index contributed by atoms with van der Waals surface area (Å²) in [4.78, 5) is 47.1. The van der Waals surface area contributed by atoms with Crippen molar-refractivity contribution >= 4 is 73.7 Å². The molecule has 8 heteroatoms. The highest BCUT2D eigenvalue weighted by Gasteiger charge is 2.62. The molecule has 4 atom stereocenters. The summed E-state index contributed by atoms with van der Waals surface area (Å²) in [5.74, 6) is -1.40. The largest absolute Gasteiger partial charge is 0.358 e. The minimum atomic E-state index is -1.50. The van der Waals surface area contributed by atoms with Crippen molar-refractivity contribution in [2.45, 2.75) is 90.8 Å². The molecule has 3 heterocycles. The second kappa shape index (κ2) is 15.0. The first-order valence-electron chi connectivity index (χ1n) is 21.4. The van der Waals surface area contributed by atoms with E-state index in [1.165, 1.54) is 57.8 Å². The second-order valence-corrected chi connectivity index (χ2v) is 17.6. The number of fused-ring (bicyclic) bond motifs is 2. The van der Waals surface area contributed by atoms with E-state index in [0.29, 0.717) is 23.9 Å². The number of allylic oxidation sites excluding steroid dienone is 7. The Bertz CT molecular complexity index is 2720. The zero-order valence-corrected chi connectivity index (χ0v) is 35.7. The van der Waals surface area contributed by atoms with Gasteiger partial charge in [-0.1, -0.05) is 123 Å². The Morgan fingerprint density at radius 3 is 2.17 bits per heavy atom. The first-order chi connectivity index (χ1) is 28.5. The first-order valence-corrected chi connectivity index (χ1v) is 21.8. The quantitative estimate of drug-likeness (QED) is 0.139. The Kier molecular flexibility index (Phi) is 9.94. The number of nitrogens with zero attached hydrogens (tertiary/aromatic N) is 4. The molecule has 7 nitrogen and oxygen atoms in total. The van der Waals surface area contributed by atoms with E-state index in [-0.39, 0.29) is 18.5 Å². The van der Waals surface area contributed by atoms with Crippen molar-refractivity contribution in [3.05, 3.63) is 130 Å². The van der Waals surface area contributed by atoms with E-state index in [9.17, 15) is 14.4 Å². The molecule has 0 bridgehead atoms. The fourth-order valence-corrected chi connectivity index (χ4v) is 11.4. The molecule has 1 spiro atoms. The van der Waals surface area contributed by atoms with Crippen molar-refractivity contribution in [2.24, 2.45) is 11.3 Å². The molecule has 0 N–H and O–H groups in total. The number of aromatic nitrogens is 1. The third-order valence-electron chi connectivity index (χ3n) is 13.7. The molecule has 9 rings (SSSR count). The van der Waals surface area contributed by atoms with E-state index in [2.05, 4.69) is 140 Å². The van der Waals surface area contributed by atoms with Crippen molar-refractivity contribution in [3.63, 3.8) is 0 Å². The molecule has 0 saturated carbocycles. The summed E-state index contributed by atoms with van der Waals surface area (Å²) in [5, 5.41) is 7.81. The average molecular weight is 805 g/mol. The van der Waals surface area contributed by atoms with Crippen LogP contribution in [0.1, 0.15) is 90.3 Å². The topological polar surface area (TPSA) is 65.9 Å². The van der Waals surface area contributed by atoms with Gasteiger partial charge in [-0.2, -0.15) is 0 Å². The number of carbonyl (C=O) groups excluding carboxylic acids is 3. The Labute approximate surface area is 351 Å². The smallest absolute Gasteiger partial charge is 0.332 e. The molecule has 2 aliphatic carbocycles. The molecule has 4 unspecified atom stereocenters. The molecule has 2 aliphatic heterocycles.